The third-order valence-electron chi connectivity index (χ3n) is 8.21. The van der Waals surface area contributed by atoms with E-state index in [2.05, 4.69) is 31.2 Å². The van der Waals surface area contributed by atoms with E-state index >= 15 is 0 Å². The maximum atomic E-state index is 14.0. The Morgan fingerprint density at radius 1 is 0.929 bits per heavy atom. The number of nitrogens with zero attached hydrogens (tertiary/aromatic N) is 3. The largest absolute Gasteiger partial charge is 0.350 e. The zero-order chi connectivity index (χ0) is 30.1. The number of hydrogen-bond donors (Lipinski definition) is 4. The van der Waals surface area contributed by atoms with Gasteiger partial charge in [0.05, 0.1) is 18.8 Å². The molecular formula is C29H41N7O6. The minimum Gasteiger partial charge on any atom is -0.350 e. The first kappa shape index (κ1) is 31.0. The van der Waals surface area contributed by atoms with Crippen LogP contribution >= 0.6 is 0 Å². The Bertz CT molecular complexity index is 1150. The van der Waals surface area contributed by atoms with Crippen LogP contribution in [0.4, 0.5) is 0 Å². The van der Waals surface area contributed by atoms with Crippen LogP contribution in [0.5, 0.6) is 0 Å². The number of likely N-dealkylation sites (tertiary alicyclic amines) is 1. The van der Waals surface area contributed by atoms with Gasteiger partial charge in [0.1, 0.15) is 17.8 Å². The van der Waals surface area contributed by atoms with Crippen molar-refractivity contribution in [1.82, 2.24) is 36.1 Å². The third-order valence-corrected chi connectivity index (χ3v) is 8.21. The molecule has 3 unspecified atom stereocenters. The summed E-state index contributed by atoms with van der Waals surface area (Å²) in [6, 6.07) is -2.60. The second kappa shape index (κ2) is 14.8. The summed E-state index contributed by atoms with van der Waals surface area (Å²) in [6.07, 6.45) is 11.8. The van der Waals surface area contributed by atoms with Gasteiger partial charge in [-0.1, -0.05) is 32.1 Å². The molecule has 13 heteroatoms. The molecule has 2 aliphatic carbocycles. The maximum absolute atomic E-state index is 14.0. The minimum atomic E-state index is -0.944. The van der Waals surface area contributed by atoms with Crippen LogP contribution in [0.1, 0.15) is 81.6 Å². The van der Waals surface area contributed by atoms with E-state index in [4.69, 9.17) is 0 Å². The van der Waals surface area contributed by atoms with Crippen molar-refractivity contribution in [2.24, 2.45) is 11.8 Å². The van der Waals surface area contributed by atoms with Gasteiger partial charge in [0.2, 0.25) is 23.5 Å². The van der Waals surface area contributed by atoms with E-state index in [-0.39, 0.29) is 30.0 Å². The summed E-state index contributed by atoms with van der Waals surface area (Å²) in [5, 5.41) is 10.6. The lowest BCUT2D eigenvalue weighted by molar-refractivity contribution is -0.144. The molecule has 1 aromatic heterocycles. The normalized spacial score (nSPS) is 20.2. The van der Waals surface area contributed by atoms with Crippen molar-refractivity contribution in [3.05, 3.63) is 24.3 Å². The molecule has 2 saturated carbocycles. The number of amides is 5. The standard InChI is InChI=1S/C29H41N7O6/c1-2-31-28(41)25(38)20(15-18-10-11-18)34-27(40)22-9-6-14-36(22)29(42)24(19-7-4-3-5-8-19)35-23(37)17-33-26(39)21-16-30-12-13-32-21/h12-13,16,18-20,22,24H,2-11,14-15,17H2,1H3,(H,31,41)(H,33,39)(H,34,40)(H,35,37). The second-order valence-electron chi connectivity index (χ2n) is 11.4. The number of ketones is 1. The van der Waals surface area contributed by atoms with Crippen molar-refractivity contribution in [3.8, 4) is 0 Å². The molecule has 1 aromatic rings. The lowest BCUT2D eigenvalue weighted by atomic mass is 9.83. The first-order chi connectivity index (χ1) is 20.3. The molecule has 1 saturated heterocycles. The number of likely N-dealkylation sites (N-methyl/N-ethyl adjacent to an activating group) is 1. The average Bonchev–Trinajstić information content (AvgIpc) is 3.69. The highest BCUT2D eigenvalue weighted by Gasteiger charge is 2.42. The Kier molecular flexibility index (Phi) is 11.0. The summed E-state index contributed by atoms with van der Waals surface area (Å²) >= 11 is 0. The molecule has 3 aliphatic rings. The van der Waals surface area contributed by atoms with Crippen LogP contribution in [0.2, 0.25) is 0 Å². The van der Waals surface area contributed by atoms with Crippen LogP contribution in [0.25, 0.3) is 0 Å². The summed E-state index contributed by atoms with van der Waals surface area (Å²) in [4.78, 5) is 87.0. The number of carbonyl (C=O) groups is 6. The Hall–Kier alpha value is -3.90. The molecule has 4 rings (SSSR count). The Labute approximate surface area is 245 Å². The maximum Gasteiger partial charge on any atom is 0.289 e. The highest BCUT2D eigenvalue weighted by atomic mass is 16.2. The molecule has 2 heterocycles. The van der Waals surface area contributed by atoms with Crippen molar-refractivity contribution in [3.63, 3.8) is 0 Å². The summed E-state index contributed by atoms with van der Waals surface area (Å²) in [7, 11) is 0. The topological polar surface area (TPSA) is 180 Å². The molecule has 1 aliphatic heterocycles. The van der Waals surface area contributed by atoms with Gasteiger partial charge in [-0.15, -0.1) is 0 Å². The van der Waals surface area contributed by atoms with Crippen LogP contribution in [0, 0.1) is 11.8 Å². The summed E-state index contributed by atoms with van der Waals surface area (Å²) < 4.78 is 0. The van der Waals surface area contributed by atoms with Crippen molar-refractivity contribution in [2.45, 2.75) is 89.3 Å². The molecule has 42 heavy (non-hydrogen) atoms. The molecule has 5 amide bonds. The van der Waals surface area contributed by atoms with E-state index in [1.54, 1.807) is 6.92 Å². The van der Waals surface area contributed by atoms with Crippen LogP contribution < -0.4 is 21.3 Å². The number of nitrogens with one attached hydrogen (secondary N) is 4. The van der Waals surface area contributed by atoms with Gasteiger partial charge in [0.15, 0.2) is 0 Å². The number of hydrogen-bond acceptors (Lipinski definition) is 8. The van der Waals surface area contributed by atoms with Crippen molar-refractivity contribution in [1.29, 1.82) is 0 Å². The molecule has 3 atom stereocenters. The fourth-order valence-corrected chi connectivity index (χ4v) is 5.81. The fourth-order valence-electron chi connectivity index (χ4n) is 5.81. The van der Waals surface area contributed by atoms with Crippen molar-refractivity contribution < 1.29 is 28.8 Å². The Morgan fingerprint density at radius 3 is 2.36 bits per heavy atom. The van der Waals surface area contributed by atoms with E-state index in [0.29, 0.717) is 32.4 Å². The van der Waals surface area contributed by atoms with E-state index < -0.39 is 47.5 Å². The highest BCUT2D eigenvalue weighted by molar-refractivity contribution is 6.38. The Morgan fingerprint density at radius 2 is 1.69 bits per heavy atom. The van der Waals surface area contributed by atoms with Gasteiger partial charge >= 0.3 is 0 Å². The molecule has 228 valence electrons. The molecule has 0 aromatic carbocycles. The molecule has 0 bridgehead atoms. The minimum absolute atomic E-state index is 0.0711. The number of aromatic nitrogens is 2. The fraction of sp³-hybridized carbons (Fsp3) is 0.655. The SMILES string of the molecule is CCNC(=O)C(=O)C(CC1CC1)NC(=O)C1CCCN1C(=O)C(NC(=O)CNC(=O)c1cnccn1)C1CCCCC1. The first-order valence-electron chi connectivity index (χ1n) is 15.0. The summed E-state index contributed by atoms with van der Waals surface area (Å²) in [6.45, 7) is 2.02. The first-order valence-corrected chi connectivity index (χ1v) is 15.0. The summed E-state index contributed by atoms with van der Waals surface area (Å²) in [5.74, 6) is -3.10. The lowest BCUT2D eigenvalue weighted by Gasteiger charge is -2.35. The molecule has 13 nitrogen and oxygen atoms in total. The van der Waals surface area contributed by atoms with Gasteiger partial charge in [-0.25, -0.2) is 4.98 Å². The van der Waals surface area contributed by atoms with E-state index in [1.807, 2.05) is 0 Å². The van der Waals surface area contributed by atoms with Crippen molar-refractivity contribution in [2.75, 3.05) is 19.6 Å². The van der Waals surface area contributed by atoms with Gasteiger partial charge in [-0.3, -0.25) is 33.8 Å². The molecule has 0 spiro atoms. The van der Waals surface area contributed by atoms with Gasteiger partial charge in [0, 0.05) is 25.5 Å². The predicted molar refractivity (Wildman–Crippen MR) is 151 cm³/mol. The second-order valence-corrected chi connectivity index (χ2v) is 11.4. The lowest BCUT2D eigenvalue weighted by Crippen LogP contribution is -2.58. The molecule has 3 fully saturated rings. The van der Waals surface area contributed by atoms with Crippen LogP contribution in [-0.2, 0) is 24.0 Å². The van der Waals surface area contributed by atoms with Crippen LogP contribution in [0.15, 0.2) is 18.6 Å². The number of carbonyl (C=O) groups excluding carboxylic acids is 6. The molecular weight excluding hydrogens is 542 g/mol. The third kappa shape index (κ3) is 8.32. The van der Waals surface area contributed by atoms with Gasteiger partial charge in [0.25, 0.3) is 11.8 Å². The zero-order valence-electron chi connectivity index (χ0n) is 24.1. The quantitative estimate of drug-likeness (QED) is 0.239. The van der Waals surface area contributed by atoms with E-state index in [1.165, 1.54) is 23.5 Å². The predicted octanol–water partition coefficient (Wildman–Crippen LogP) is 0.253. The van der Waals surface area contributed by atoms with Gasteiger partial charge < -0.3 is 26.2 Å². The molecule has 0 radical (unpaired) electrons. The van der Waals surface area contributed by atoms with Gasteiger partial charge in [-0.05, 0) is 50.9 Å². The number of rotatable bonds is 13. The Balaban J connectivity index is 1.42. The zero-order valence-corrected chi connectivity index (χ0v) is 24.1. The molecule has 4 N–H and O–H groups in total. The summed E-state index contributed by atoms with van der Waals surface area (Å²) in [5.41, 5.74) is 0.0711. The van der Waals surface area contributed by atoms with Gasteiger partial charge in [-0.2, -0.15) is 0 Å². The van der Waals surface area contributed by atoms with Crippen LogP contribution in [-0.4, -0.2) is 87.9 Å². The monoisotopic (exact) mass is 583 g/mol. The van der Waals surface area contributed by atoms with Crippen molar-refractivity contribution >= 4 is 35.3 Å². The van der Waals surface area contributed by atoms with E-state index in [0.717, 1.165) is 44.9 Å². The highest BCUT2D eigenvalue weighted by Crippen LogP contribution is 2.34. The smallest absolute Gasteiger partial charge is 0.289 e. The average molecular weight is 584 g/mol. The van der Waals surface area contributed by atoms with E-state index in [9.17, 15) is 28.8 Å². The number of Topliss-reactive ketones (excluding diaryl/α,β-unsaturated/α-hetero) is 1. The van der Waals surface area contributed by atoms with Crippen LogP contribution in [0.3, 0.4) is 0 Å².